The van der Waals surface area contributed by atoms with E-state index in [1.807, 2.05) is 0 Å². The average molecular weight is 353 g/mol. The molecule has 2 saturated heterocycles. The molecule has 2 aliphatic carbocycles. The summed E-state index contributed by atoms with van der Waals surface area (Å²) in [5.74, 6) is 3.27. The molecule has 2 atom stereocenters. The van der Waals surface area contributed by atoms with Crippen molar-refractivity contribution in [1.82, 2.24) is 0 Å². The highest BCUT2D eigenvalue weighted by atomic mass is 16.5. The molecule has 2 bridgehead atoms. The summed E-state index contributed by atoms with van der Waals surface area (Å²) in [5.41, 5.74) is 0.638. The van der Waals surface area contributed by atoms with Crippen molar-refractivity contribution >= 4 is 0 Å². The number of fused-ring (bicyclic) bond motifs is 2. The van der Waals surface area contributed by atoms with Crippen LogP contribution in [-0.4, -0.2) is 52.9 Å². The van der Waals surface area contributed by atoms with Gasteiger partial charge in [-0.3, -0.25) is 0 Å². The maximum atomic E-state index is 6.18. The summed E-state index contributed by atoms with van der Waals surface area (Å²) in [6, 6.07) is 0. The fourth-order valence-electron chi connectivity index (χ4n) is 5.45. The number of hydrogen-bond acceptors (Lipinski definition) is 4. The van der Waals surface area contributed by atoms with Crippen molar-refractivity contribution in [2.45, 2.75) is 46.0 Å². The van der Waals surface area contributed by atoms with Gasteiger partial charge in [0.25, 0.3) is 0 Å². The van der Waals surface area contributed by atoms with Gasteiger partial charge in [-0.05, 0) is 55.8 Å². The van der Waals surface area contributed by atoms with Crippen LogP contribution in [0.1, 0.15) is 46.0 Å². The molecule has 0 spiro atoms. The molecule has 0 amide bonds. The Morgan fingerprint density at radius 3 is 1.56 bits per heavy atom. The third-order valence-electron chi connectivity index (χ3n) is 7.70. The molecule has 4 heteroatoms. The highest BCUT2D eigenvalue weighted by molar-refractivity contribution is 4.96. The minimum absolute atomic E-state index is 0.319. The summed E-state index contributed by atoms with van der Waals surface area (Å²) < 4.78 is 23.2. The Hall–Kier alpha value is -0.160. The van der Waals surface area contributed by atoms with Crippen molar-refractivity contribution in [1.29, 1.82) is 0 Å². The highest BCUT2D eigenvalue weighted by Gasteiger charge is 2.47. The molecule has 4 fully saturated rings. The summed E-state index contributed by atoms with van der Waals surface area (Å²) in [6.45, 7) is 11.7. The molecule has 2 aliphatic heterocycles. The van der Waals surface area contributed by atoms with E-state index in [2.05, 4.69) is 13.8 Å². The van der Waals surface area contributed by atoms with Crippen molar-refractivity contribution < 1.29 is 18.9 Å². The first-order valence-corrected chi connectivity index (χ1v) is 10.5. The number of hydrogen-bond donors (Lipinski definition) is 0. The topological polar surface area (TPSA) is 36.9 Å². The van der Waals surface area contributed by atoms with E-state index < -0.39 is 0 Å². The van der Waals surface area contributed by atoms with E-state index in [9.17, 15) is 0 Å². The quantitative estimate of drug-likeness (QED) is 0.603. The van der Waals surface area contributed by atoms with Gasteiger partial charge in [0.15, 0.2) is 0 Å². The predicted octanol–water partition coefficient (Wildman–Crippen LogP) is 3.54. The lowest BCUT2D eigenvalue weighted by Crippen LogP contribution is -2.46. The summed E-state index contributed by atoms with van der Waals surface area (Å²) in [5, 5.41) is 0. The van der Waals surface area contributed by atoms with Crippen LogP contribution >= 0.6 is 0 Å². The second kappa shape index (κ2) is 7.46. The van der Waals surface area contributed by atoms with Crippen LogP contribution in [0.25, 0.3) is 0 Å². The first-order chi connectivity index (χ1) is 12.2. The fourth-order valence-corrected chi connectivity index (χ4v) is 5.45. The molecule has 0 aromatic heterocycles. The van der Waals surface area contributed by atoms with Crippen molar-refractivity contribution in [3.63, 3.8) is 0 Å². The summed E-state index contributed by atoms with van der Waals surface area (Å²) >= 11 is 0. The lowest BCUT2D eigenvalue weighted by molar-refractivity contribution is -0.157. The second-order valence-corrected chi connectivity index (χ2v) is 9.48. The Balaban J connectivity index is 1.19. The lowest BCUT2D eigenvalue weighted by Gasteiger charge is -2.41. The van der Waals surface area contributed by atoms with Crippen LogP contribution in [0, 0.1) is 34.5 Å². The molecule has 0 aromatic rings. The van der Waals surface area contributed by atoms with Crippen LogP contribution in [0.4, 0.5) is 0 Å². The van der Waals surface area contributed by atoms with Crippen molar-refractivity contribution in [2.75, 3.05) is 52.9 Å². The van der Waals surface area contributed by atoms with E-state index in [-0.39, 0.29) is 0 Å². The van der Waals surface area contributed by atoms with Gasteiger partial charge >= 0.3 is 0 Å². The second-order valence-electron chi connectivity index (χ2n) is 9.48. The Bertz CT molecular complexity index is 394. The van der Waals surface area contributed by atoms with Crippen LogP contribution in [-0.2, 0) is 18.9 Å². The molecule has 2 unspecified atom stereocenters. The lowest BCUT2D eigenvalue weighted by atomic mass is 9.81. The minimum atomic E-state index is 0.319. The predicted molar refractivity (Wildman–Crippen MR) is 96.5 cm³/mol. The molecule has 144 valence electrons. The molecular weight excluding hydrogens is 316 g/mol. The molecule has 25 heavy (non-hydrogen) atoms. The van der Waals surface area contributed by atoms with E-state index in [0.717, 1.165) is 76.5 Å². The zero-order chi connectivity index (χ0) is 17.3. The van der Waals surface area contributed by atoms with Gasteiger partial charge in [-0.15, -0.1) is 0 Å². The zero-order valence-electron chi connectivity index (χ0n) is 16.1. The van der Waals surface area contributed by atoms with Crippen LogP contribution in [0.2, 0.25) is 0 Å². The van der Waals surface area contributed by atoms with Gasteiger partial charge in [-0.25, -0.2) is 0 Å². The van der Waals surface area contributed by atoms with Crippen molar-refractivity contribution in [3.05, 3.63) is 0 Å². The van der Waals surface area contributed by atoms with Gasteiger partial charge in [0.1, 0.15) is 0 Å². The van der Waals surface area contributed by atoms with Gasteiger partial charge in [-0.1, -0.05) is 13.8 Å². The van der Waals surface area contributed by atoms with Crippen LogP contribution in [0.5, 0.6) is 0 Å². The molecule has 4 aliphatic rings. The molecule has 4 rings (SSSR count). The summed E-state index contributed by atoms with van der Waals surface area (Å²) in [4.78, 5) is 0. The van der Waals surface area contributed by atoms with Crippen LogP contribution < -0.4 is 0 Å². The van der Waals surface area contributed by atoms with Gasteiger partial charge in [0, 0.05) is 24.0 Å². The fraction of sp³-hybridized carbons (Fsp3) is 1.00. The SMILES string of the molecule is CCC1(COCC2CC3CC(COCC4(CC)COC4)C2C3)COC1. The summed E-state index contributed by atoms with van der Waals surface area (Å²) in [7, 11) is 0. The maximum Gasteiger partial charge on any atom is 0.0566 e. The van der Waals surface area contributed by atoms with Crippen molar-refractivity contribution in [3.8, 4) is 0 Å². The summed E-state index contributed by atoms with van der Waals surface area (Å²) in [6.07, 6.45) is 6.51. The Morgan fingerprint density at radius 2 is 1.24 bits per heavy atom. The Kier molecular flexibility index (Phi) is 5.43. The third kappa shape index (κ3) is 3.65. The first-order valence-electron chi connectivity index (χ1n) is 10.5. The molecule has 2 saturated carbocycles. The van der Waals surface area contributed by atoms with Crippen LogP contribution in [0.15, 0.2) is 0 Å². The molecule has 0 N–H and O–H groups in total. The standard InChI is InChI=1S/C21H36O4/c1-3-20(12-24-13-20)10-22-8-17-5-16-6-18(19(17)7-16)9-23-11-21(4-2)14-25-15-21/h16-19H,3-15H2,1-2H3. The van der Waals surface area contributed by atoms with Gasteiger partial charge in [0.05, 0.1) is 39.6 Å². The Morgan fingerprint density at radius 1 is 0.760 bits per heavy atom. The van der Waals surface area contributed by atoms with Crippen LogP contribution in [0.3, 0.4) is 0 Å². The monoisotopic (exact) mass is 352 g/mol. The smallest absolute Gasteiger partial charge is 0.0566 e. The van der Waals surface area contributed by atoms with E-state index >= 15 is 0 Å². The largest absolute Gasteiger partial charge is 0.380 e. The third-order valence-corrected chi connectivity index (χ3v) is 7.70. The minimum Gasteiger partial charge on any atom is -0.380 e. The van der Waals surface area contributed by atoms with Gasteiger partial charge < -0.3 is 18.9 Å². The molecule has 0 radical (unpaired) electrons. The van der Waals surface area contributed by atoms with E-state index in [4.69, 9.17) is 18.9 Å². The first kappa shape index (κ1) is 18.2. The average Bonchev–Trinajstić information content (AvgIpc) is 3.12. The van der Waals surface area contributed by atoms with Gasteiger partial charge in [-0.2, -0.15) is 0 Å². The molecule has 2 heterocycles. The van der Waals surface area contributed by atoms with E-state index in [1.165, 1.54) is 32.1 Å². The number of rotatable bonds is 10. The van der Waals surface area contributed by atoms with Gasteiger partial charge in [0.2, 0.25) is 0 Å². The normalized spacial score (nSPS) is 37.7. The highest BCUT2D eigenvalue weighted by Crippen LogP contribution is 2.52. The zero-order valence-corrected chi connectivity index (χ0v) is 16.1. The maximum absolute atomic E-state index is 6.18. The molecule has 0 aromatic carbocycles. The molecular formula is C21H36O4. The van der Waals surface area contributed by atoms with E-state index in [0.29, 0.717) is 10.8 Å². The Labute approximate surface area is 152 Å². The molecule has 4 nitrogen and oxygen atoms in total. The number of ether oxygens (including phenoxy) is 4. The van der Waals surface area contributed by atoms with E-state index in [1.54, 1.807) is 0 Å². The van der Waals surface area contributed by atoms with Crippen molar-refractivity contribution in [2.24, 2.45) is 34.5 Å².